The minimum Gasteiger partial charge on any atom is -0.464 e. The number of aromatic nitrogens is 4. The molecule has 0 atom stereocenters. The highest BCUT2D eigenvalue weighted by Crippen LogP contribution is 2.14. The van der Waals surface area contributed by atoms with E-state index in [2.05, 4.69) is 10.2 Å². The summed E-state index contributed by atoms with van der Waals surface area (Å²) in [5.41, 5.74) is 8.96. The van der Waals surface area contributed by atoms with E-state index in [9.17, 15) is 4.79 Å². The normalized spacial score (nSPS) is 10.8. The van der Waals surface area contributed by atoms with Crippen LogP contribution in [-0.4, -0.2) is 32.1 Å². The summed E-state index contributed by atoms with van der Waals surface area (Å²) in [6.07, 6.45) is 2.36. The SMILES string of the molecule is Cc1nn(CC(=O)OCCc2ccnn2C)c(C)c1N. The largest absolute Gasteiger partial charge is 0.464 e. The second-order valence-corrected chi connectivity index (χ2v) is 4.66. The van der Waals surface area contributed by atoms with Gasteiger partial charge in [-0.05, 0) is 19.9 Å². The van der Waals surface area contributed by atoms with Gasteiger partial charge in [0.15, 0.2) is 0 Å². The van der Waals surface area contributed by atoms with Gasteiger partial charge in [-0.3, -0.25) is 14.2 Å². The lowest BCUT2D eigenvalue weighted by atomic mass is 10.3. The molecule has 2 N–H and O–H groups in total. The van der Waals surface area contributed by atoms with Crippen LogP contribution in [0.5, 0.6) is 0 Å². The number of hydrogen-bond acceptors (Lipinski definition) is 5. The molecule has 20 heavy (non-hydrogen) atoms. The monoisotopic (exact) mass is 277 g/mol. The molecule has 0 aromatic carbocycles. The molecule has 0 spiro atoms. The molecule has 2 aromatic heterocycles. The lowest BCUT2D eigenvalue weighted by molar-refractivity contribution is -0.144. The fourth-order valence-corrected chi connectivity index (χ4v) is 1.95. The van der Waals surface area contributed by atoms with Crippen LogP contribution in [0, 0.1) is 13.8 Å². The third kappa shape index (κ3) is 2.98. The van der Waals surface area contributed by atoms with Crippen LogP contribution in [0.25, 0.3) is 0 Å². The molecule has 0 bridgehead atoms. The zero-order valence-electron chi connectivity index (χ0n) is 12.0. The Labute approximate surface area is 117 Å². The number of nitrogens with two attached hydrogens (primary N) is 1. The number of carbonyl (C=O) groups is 1. The third-order valence-corrected chi connectivity index (χ3v) is 3.26. The number of rotatable bonds is 5. The van der Waals surface area contributed by atoms with Crippen LogP contribution in [-0.2, 0) is 29.5 Å². The van der Waals surface area contributed by atoms with Crippen molar-refractivity contribution in [2.24, 2.45) is 7.05 Å². The van der Waals surface area contributed by atoms with Crippen molar-refractivity contribution in [1.82, 2.24) is 19.6 Å². The van der Waals surface area contributed by atoms with Gasteiger partial charge in [0, 0.05) is 25.4 Å². The Morgan fingerprint density at radius 3 is 2.75 bits per heavy atom. The van der Waals surface area contributed by atoms with E-state index in [0.29, 0.717) is 18.7 Å². The number of aryl methyl sites for hydroxylation is 2. The zero-order chi connectivity index (χ0) is 14.7. The fraction of sp³-hybridized carbons (Fsp3) is 0.462. The minimum atomic E-state index is -0.322. The summed E-state index contributed by atoms with van der Waals surface area (Å²) in [6, 6.07) is 1.90. The molecule has 0 radical (unpaired) electrons. The molecule has 0 aliphatic rings. The smallest absolute Gasteiger partial charge is 0.327 e. The summed E-state index contributed by atoms with van der Waals surface area (Å²) in [5.74, 6) is -0.322. The minimum absolute atomic E-state index is 0.0786. The van der Waals surface area contributed by atoms with Gasteiger partial charge in [-0.15, -0.1) is 0 Å². The maximum atomic E-state index is 11.8. The van der Waals surface area contributed by atoms with E-state index in [0.717, 1.165) is 17.1 Å². The number of esters is 1. The molecule has 108 valence electrons. The Bertz CT molecular complexity index is 614. The maximum absolute atomic E-state index is 11.8. The van der Waals surface area contributed by atoms with Crippen LogP contribution in [0.15, 0.2) is 12.3 Å². The summed E-state index contributed by atoms with van der Waals surface area (Å²) in [5, 5.41) is 8.25. The Kier molecular flexibility index (Phi) is 4.07. The van der Waals surface area contributed by atoms with Gasteiger partial charge in [-0.1, -0.05) is 0 Å². The highest BCUT2D eigenvalue weighted by molar-refractivity contribution is 5.69. The second kappa shape index (κ2) is 5.77. The zero-order valence-corrected chi connectivity index (χ0v) is 12.0. The van der Waals surface area contributed by atoms with Gasteiger partial charge in [0.05, 0.1) is 23.7 Å². The van der Waals surface area contributed by atoms with Crippen molar-refractivity contribution in [3.8, 4) is 0 Å². The Hall–Kier alpha value is -2.31. The predicted molar refractivity (Wildman–Crippen MR) is 74.0 cm³/mol. The van der Waals surface area contributed by atoms with E-state index in [4.69, 9.17) is 10.5 Å². The van der Waals surface area contributed by atoms with Gasteiger partial charge in [-0.25, -0.2) is 0 Å². The van der Waals surface area contributed by atoms with Crippen LogP contribution in [0.3, 0.4) is 0 Å². The number of nitrogen functional groups attached to an aromatic ring is 1. The first-order valence-electron chi connectivity index (χ1n) is 6.41. The van der Waals surface area contributed by atoms with E-state index in [1.54, 1.807) is 15.6 Å². The van der Waals surface area contributed by atoms with Gasteiger partial charge >= 0.3 is 5.97 Å². The van der Waals surface area contributed by atoms with Gasteiger partial charge in [0.1, 0.15) is 6.54 Å². The van der Waals surface area contributed by atoms with Gasteiger partial charge in [0.2, 0.25) is 0 Å². The van der Waals surface area contributed by atoms with Gasteiger partial charge < -0.3 is 10.5 Å². The summed E-state index contributed by atoms with van der Waals surface area (Å²) in [4.78, 5) is 11.8. The Balaban J connectivity index is 1.84. The lowest BCUT2D eigenvalue weighted by Crippen LogP contribution is -2.17. The summed E-state index contributed by atoms with van der Waals surface area (Å²) >= 11 is 0. The molecular formula is C13H19N5O2. The van der Waals surface area contributed by atoms with Crippen molar-refractivity contribution in [2.75, 3.05) is 12.3 Å². The average Bonchev–Trinajstić information content (AvgIpc) is 2.90. The topological polar surface area (TPSA) is 88.0 Å². The molecule has 0 fully saturated rings. The van der Waals surface area contributed by atoms with E-state index in [1.807, 2.05) is 27.0 Å². The molecule has 2 rings (SSSR count). The number of nitrogens with zero attached hydrogens (tertiary/aromatic N) is 4. The first-order valence-corrected chi connectivity index (χ1v) is 6.41. The molecule has 0 aliphatic carbocycles. The number of hydrogen-bond donors (Lipinski definition) is 1. The number of ether oxygens (including phenoxy) is 1. The molecule has 0 saturated carbocycles. The van der Waals surface area contributed by atoms with E-state index >= 15 is 0 Å². The first kappa shape index (κ1) is 14.1. The quantitative estimate of drug-likeness (QED) is 0.809. The molecule has 2 aromatic rings. The van der Waals surface area contributed by atoms with E-state index in [-0.39, 0.29) is 12.5 Å². The summed E-state index contributed by atoms with van der Waals surface area (Å²) < 4.78 is 8.52. The van der Waals surface area contributed by atoms with Gasteiger partial charge in [0.25, 0.3) is 0 Å². The molecule has 2 heterocycles. The highest BCUT2D eigenvalue weighted by Gasteiger charge is 2.12. The van der Waals surface area contributed by atoms with Crippen molar-refractivity contribution < 1.29 is 9.53 Å². The molecule has 0 unspecified atom stereocenters. The van der Waals surface area contributed by atoms with E-state index < -0.39 is 0 Å². The summed E-state index contributed by atoms with van der Waals surface area (Å²) in [6.45, 7) is 4.05. The molecule has 7 heteroatoms. The average molecular weight is 277 g/mol. The van der Waals surface area contributed by atoms with Gasteiger partial charge in [-0.2, -0.15) is 10.2 Å². The molecule has 7 nitrogen and oxygen atoms in total. The summed E-state index contributed by atoms with van der Waals surface area (Å²) in [7, 11) is 1.86. The lowest BCUT2D eigenvalue weighted by Gasteiger charge is -2.06. The first-order chi connectivity index (χ1) is 9.49. The number of carbonyl (C=O) groups excluding carboxylic acids is 1. The third-order valence-electron chi connectivity index (χ3n) is 3.26. The Morgan fingerprint density at radius 1 is 1.45 bits per heavy atom. The molecular weight excluding hydrogens is 258 g/mol. The van der Waals surface area contributed by atoms with Crippen molar-refractivity contribution in [2.45, 2.75) is 26.8 Å². The second-order valence-electron chi connectivity index (χ2n) is 4.66. The highest BCUT2D eigenvalue weighted by atomic mass is 16.5. The van der Waals surface area contributed by atoms with Crippen LogP contribution in [0.4, 0.5) is 5.69 Å². The van der Waals surface area contributed by atoms with Crippen LogP contribution in [0.1, 0.15) is 17.1 Å². The fourth-order valence-electron chi connectivity index (χ4n) is 1.95. The van der Waals surface area contributed by atoms with Crippen LogP contribution < -0.4 is 5.73 Å². The van der Waals surface area contributed by atoms with Crippen molar-refractivity contribution in [3.63, 3.8) is 0 Å². The molecule has 0 saturated heterocycles. The molecule has 0 amide bonds. The van der Waals surface area contributed by atoms with Crippen LogP contribution >= 0.6 is 0 Å². The molecule has 0 aliphatic heterocycles. The van der Waals surface area contributed by atoms with Crippen molar-refractivity contribution in [1.29, 1.82) is 0 Å². The maximum Gasteiger partial charge on any atom is 0.327 e. The van der Waals surface area contributed by atoms with E-state index in [1.165, 1.54) is 0 Å². The van der Waals surface area contributed by atoms with Crippen molar-refractivity contribution >= 4 is 11.7 Å². The van der Waals surface area contributed by atoms with Crippen LogP contribution in [0.2, 0.25) is 0 Å². The standard InChI is InChI=1S/C13H19N5O2/c1-9-13(14)10(2)18(16-9)8-12(19)20-7-5-11-4-6-15-17(11)3/h4,6H,5,7-8,14H2,1-3H3. The predicted octanol–water partition coefficient (Wildman–Crippen LogP) is 0.602. The van der Waals surface area contributed by atoms with Crippen molar-refractivity contribution in [3.05, 3.63) is 29.3 Å². The Morgan fingerprint density at radius 2 is 2.20 bits per heavy atom. The number of anilines is 1.